The highest BCUT2D eigenvalue weighted by atomic mass is 16.5. The molecule has 0 atom stereocenters. The molecule has 0 unspecified atom stereocenters. The second-order valence-corrected chi connectivity index (χ2v) is 5.21. The Kier molecular flexibility index (Phi) is 5.53. The minimum Gasteiger partial charge on any atom is -0.493 e. The van der Waals surface area contributed by atoms with Gasteiger partial charge in [0, 0.05) is 18.2 Å². The van der Waals surface area contributed by atoms with Crippen LogP contribution in [-0.4, -0.2) is 27.4 Å². The van der Waals surface area contributed by atoms with Crippen molar-refractivity contribution in [2.45, 2.75) is 44.7 Å². The van der Waals surface area contributed by atoms with Crippen LogP contribution in [0.1, 0.15) is 37.7 Å². The van der Waals surface area contributed by atoms with Gasteiger partial charge in [-0.2, -0.15) is 0 Å². The molecule has 1 fully saturated rings. The molecule has 2 rings (SSSR count). The summed E-state index contributed by atoms with van der Waals surface area (Å²) in [4.78, 5) is 0. The third kappa shape index (κ3) is 3.37. The Labute approximate surface area is 121 Å². The molecule has 0 saturated heterocycles. The van der Waals surface area contributed by atoms with Gasteiger partial charge in [-0.3, -0.25) is 0 Å². The first kappa shape index (κ1) is 15.0. The summed E-state index contributed by atoms with van der Waals surface area (Å²) in [6, 6.07) is 4.59. The molecule has 1 N–H and O–H groups in total. The van der Waals surface area contributed by atoms with E-state index in [4.69, 9.17) is 14.2 Å². The van der Waals surface area contributed by atoms with Crippen molar-refractivity contribution in [2.75, 3.05) is 21.3 Å². The summed E-state index contributed by atoms with van der Waals surface area (Å²) in [5.74, 6) is 2.12. The average molecular weight is 279 g/mol. The van der Waals surface area contributed by atoms with Gasteiger partial charge in [0.05, 0.1) is 21.3 Å². The van der Waals surface area contributed by atoms with Crippen LogP contribution in [0.4, 0.5) is 0 Å². The van der Waals surface area contributed by atoms with Crippen molar-refractivity contribution in [3.05, 3.63) is 17.7 Å². The fraction of sp³-hybridized carbons (Fsp3) is 0.625. The van der Waals surface area contributed by atoms with Gasteiger partial charge in [-0.25, -0.2) is 0 Å². The molecule has 0 amide bonds. The maximum Gasteiger partial charge on any atom is 0.203 e. The second-order valence-electron chi connectivity index (χ2n) is 5.21. The minimum absolute atomic E-state index is 0.626. The number of nitrogens with one attached hydrogen (secondary N) is 1. The molecule has 1 aromatic rings. The Morgan fingerprint density at radius 2 is 1.65 bits per heavy atom. The smallest absolute Gasteiger partial charge is 0.203 e. The van der Waals surface area contributed by atoms with Gasteiger partial charge in [0.1, 0.15) is 0 Å². The zero-order valence-electron chi connectivity index (χ0n) is 12.7. The van der Waals surface area contributed by atoms with Gasteiger partial charge in [-0.05, 0) is 18.9 Å². The van der Waals surface area contributed by atoms with Crippen LogP contribution in [0.2, 0.25) is 0 Å². The van der Waals surface area contributed by atoms with Crippen molar-refractivity contribution in [3.8, 4) is 17.2 Å². The Hall–Kier alpha value is -1.42. The zero-order chi connectivity index (χ0) is 14.4. The minimum atomic E-state index is 0.626. The number of hydrogen-bond acceptors (Lipinski definition) is 4. The molecule has 112 valence electrons. The Bertz CT molecular complexity index is 428. The number of ether oxygens (including phenoxy) is 3. The third-order valence-corrected chi connectivity index (χ3v) is 3.97. The van der Waals surface area contributed by atoms with E-state index in [9.17, 15) is 0 Å². The largest absolute Gasteiger partial charge is 0.493 e. The highest BCUT2D eigenvalue weighted by Crippen LogP contribution is 2.39. The summed E-state index contributed by atoms with van der Waals surface area (Å²) in [6.07, 6.45) is 6.59. The van der Waals surface area contributed by atoms with E-state index < -0.39 is 0 Å². The predicted octanol–water partition coefficient (Wildman–Crippen LogP) is 3.13. The molecule has 1 aliphatic carbocycles. The first-order chi connectivity index (χ1) is 9.80. The van der Waals surface area contributed by atoms with Crippen molar-refractivity contribution in [2.24, 2.45) is 0 Å². The summed E-state index contributed by atoms with van der Waals surface area (Å²) in [5, 5.41) is 3.63. The van der Waals surface area contributed by atoms with Crippen LogP contribution in [0.3, 0.4) is 0 Å². The summed E-state index contributed by atoms with van der Waals surface area (Å²) < 4.78 is 16.2. The fourth-order valence-electron chi connectivity index (χ4n) is 2.86. The summed E-state index contributed by atoms with van der Waals surface area (Å²) in [6.45, 7) is 0.800. The molecule has 0 bridgehead atoms. The Morgan fingerprint density at radius 1 is 0.950 bits per heavy atom. The van der Waals surface area contributed by atoms with E-state index in [-0.39, 0.29) is 0 Å². The summed E-state index contributed by atoms with van der Waals surface area (Å²) >= 11 is 0. The van der Waals surface area contributed by atoms with E-state index in [0.717, 1.165) is 17.9 Å². The lowest BCUT2D eigenvalue weighted by atomic mass is 9.95. The summed E-state index contributed by atoms with van der Waals surface area (Å²) in [5.41, 5.74) is 1.11. The monoisotopic (exact) mass is 279 g/mol. The molecule has 4 nitrogen and oxygen atoms in total. The first-order valence-electron chi connectivity index (χ1n) is 7.31. The van der Waals surface area contributed by atoms with Crippen molar-refractivity contribution < 1.29 is 14.2 Å². The van der Waals surface area contributed by atoms with Gasteiger partial charge in [0.2, 0.25) is 5.75 Å². The van der Waals surface area contributed by atoms with Gasteiger partial charge in [-0.1, -0.05) is 25.3 Å². The molecule has 4 heteroatoms. The van der Waals surface area contributed by atoms with Gasteiger partial charge >= 0.3 is 0 Å². The fourth-order valence-corrected chi connectivity index (χ4v) is 2.86. The van der Waals surface area contributed by atoms with Crippen LogP contribution in [0, 0.1) is 0 Å². The Balaban J connectivity index is 2.10. The lowest BCUT2D eigenvalue weighted by Crippen LogP contribution is -2.30. The van der Waals surface area contributed by atoms with Crippen LogP contribution < -0.4 is 19.5 Å². The van der Waals surface area contributed by atoms with E-state index in [1.165, 1.54) is 32.1 Å². The van der Waals surface area contributed by atoms with Crippen molar-refractivity contribution in [3.63, 3.8) is 0 Å². The molecule has 1 aromatic carbocycles. The molecule has 0 radical (unpaired) electrons. The predicted molar refractivity (Wildman–Crippen MR) is 79.8 cm³/mol. The molecule has 1 saturated carbocycles. The molecule has 0 heterocycles. The molecule has 20 heavy (non-hydrogen) atoms. The van der Waals surface area contributed by atoms with E-state index in [2.05, 4.69) is 5.32 Å². The molecular formula is C16H25NO3. The molecule has 0 aliphatic heterocycles. The lowest BCUT2D eigenvalue weighted by Gasteiger charge is -2.24. The van der Waals surface area contributed by atoms with Crippen LogP contribution in [0.15, 0.2) is 12.1 Å². The van der Waals surface area contributed by atoms with Crippen molar-refractivity contribution >= 4 is 0 Å². The standard InChI is InChI=1S/C16H25NO3/c1-18-14-10-9-12(15(19-2)16(14)20-3)11-17-13-7-5-4-6-8-13/h9-10,13,17H,4-8,11H2,1-3H3. The zero-order valence-corrected chi connectivity index (χ0v) is 12.7. The molecule has 0 spiro atoms. The van der Waals surface area contributed by atoms with E-state index >= 15 is 0 Å². The topological polar surface area (TPSA) is 39.7 Å². The van der Waals surface area contributed by atoms with Crippen LogP contribution in [-0.2, 0) is 6.54 Å². The second kappa shape index (κ2) is 7.39. The maximum atomic E-state index is 5.50. The Morgan fingerprint density at radius 3 is 2.25 bits per heavy atom. The van der Waals surface area contributed by atoms with Crippen LogP contribution in [0.5, 0.6) is 17.2 Å². The first-order valence-corrected chi connectivity index (χ1v) is 7.31. The van der Waals surface area contributed by atoms with E-state index in [1.807, 2.05) is 12.1 Å². The highest BCUT2D eigenvalue weighted by molar-refractivity contribution is 5.55. The number of hydrogen-bond donors (Lipinski definition) is 1. The van der Waals surface area contributed by atoms with Gasteiger partial charge in [0.25, 0.3) is 0 Å². The van der Waals surface area contributed by atoms with Gasteiger partial charge in [0.15, 0.2) is 11.5 Å². The average Bonchev–Trinajstić information content (AvgIpc) is 2.52. The van der Waals surface area contributed by atoms with E-state index in [1.54, 1.807) is 21.3 Å². The van der Waals surface area contributed by atoms with Gasteiger partial charge < -0.3 is 19.5 Å². The quantitative estimate of drug-likeness (QED) is 0.868. The third-order valence-electron chi connectivity index (χ3n) is 3.97. The SMILES string of the molecule is COc1ccc(CNC2CCCCC2)c(OC)c1OC. The van der Waals surface area contributed by atoms with Crippen LogP contribution >= 0.6 is 0 Å². The van der Waals surface area contributed by atoms with Crippen molar-refractivity contribution in [1.29, 1.82) is 0 Å². The van der Waals surface area contributed by atoms with Crippen molar-refractivity contribution in [1.82, 2.24) is 5.32 Å². The summed E-state index contributed by atoms with van der Waals surface area (Å²) in [7, 11) is 4.94. The molecule has 0 aromatic heterocycles. The highest BCUT2D eigenvalue weighted by Gasteiger charge is 2.17. The number of benzene rings is 1. The number of rotatable bonds is 6. The maximum absolute atomic E-state index is 5.50. The van der Waals surface area contributed by atoms with E-state index in [0.29, 0.717) is 17.5 Å². The molecule has 1 aliphatic rings. The lowest BCUT2D eigenvalue weighted by molar-refractivity contribution is 0.319. The normalized spacial score (nSPS) is 15.9. The molecular weight excluding hydrogens is 254 g/mol. The van der Waals surface area contributed by atoms with Gasteiger partial charge in [-0.15, -0.1) is 0 Å². The number of methoxy groups -OCH3 is 3. The van der Waals surface area contributed by atoms with Crippen LogP contribution in [0.25, 0.3) is 0 Å².